The van der Waals surface area contributed by atoms with E-state index in [9.17, 15) is 19.5 Å². The van der Waals surface area contributed by atoms with Gasteiger partial charge in [-0.15, -0.1) is 5.01 Å². The summed E-state index contributed by atoms with van der Waals surface area (Å²) in [5.41, 5.74) is -0.794. The second-order valence-corrected chi connectivity index (χ2v) is 4.85. The molecule has 110 valence electrons. The van der Waals surface area contributed by atoms with Gasteiger partial charge in [-0.3, -0.25) is 4.79 Å². The second kappa shape index (κ2) is 5.35. The van der Waals surface area contributed by atoms with Gasteiger partial charge in [0.25, 0.3) is 5.91 Å². The Bertz CT molecular complexity index is 641. The van der Waals surface area contributed by atoms with E-state index in [0.29, 0.717) is 11.4 Å². The van der Waals surface area contributed by atoms with Gasteiger partial charge in [0, 0.05) is 11.1 Å². The highest BCUT2D eigenvalue weighted by Gasteiger charge is 2.46. The molecule has 1 saturated heterocycles. The third-order valence-corrected chi connectivity index (χ3v) is 3.44. The molecule has 0 aromatic heterocycles. The summed E-state index contributed by atoms with van der Waals surface area (Å²) in [6, 6.07) is 5.40. The van der Waals surface area contributed by atoms with Crippen molar-refractivity contribution in [2.75, 3.05) is 0 Å². The van der Waals surface area contributed by atoms with Crippen LogP contribution in [0.1, 0.15) is 36.2 Å². The molecular formula is C14H14N3O4-. The number of aromatic carboxylic acids is 1. The zero-order valence-electron chi connectivity index (χ0n) is 11.6. The molecule has 0 aliphatic carbocycles. The summed E-state index contributed by atoms with van der Waals surface area (Å²) in [6.07, 6.45) is 1.59. The van der Waals surface area contributed by atoms with Crippen LogP contribution in [0.4, 0.5) is 4.79 Å². The molecule has 3 amide bonds. The van der Waals surface area contributed by atoms with E-state index in [1.54, 1.807) is 26.0 Å². The van der Waals surface area contributed by atoms with Crippen LogP contribution in [0.15, 0.2) is 29.4 Å². The predicted octanol–water partition coefficient (Wildman–Crippen LogP) is 0.105. The van der Waals surface area contributed by atoms with Gasteiger partial charge < -0.3 is 15.2 Å². The summed E-state index contributed by atoms with van der Waals surface area (Å²) < 4.78 is 0. The Hall–Kier alpha value is -2.70. The molecule has 1 heterocycles. The number of carbonyl (C=O) groups excluding carboxylic acids is 3. The normalized spacial score (nSPS) is 21.9. The van der Waals surface area contributed by atoms with Gasteiger partial charge in [0.1, 0.15) is 5.54 Å². The number of urea groups is 1. The molecule has 1 aromatic rings. The number of amides is 3. The van der Waals surface area contributed by atoms with Gasteiger partial charge in [-0.2, -0.15) is 5.10 Å². The molecule has 1 fully saturated rings. The lowest BCUT2D eigenvalue weighted by molar-refractivity contribution is -0.255. The van der Waals surface area contributed by atoms with E-state index in [-0.39, 0.29) is 11.1 Å². The van der Waals surface area contributed by atoms with Crippen molar-refractivity contribution in [2.24, 2.45) is 5.10 Å². The third-order valence-electron chi connectivity index (χ3n) is 3.44. The van der Waals surface area contributed by atoms with Crippen molar-refractivity contribution in [1.82, 2.24) is 10.3 Å². The number of carbonyl (C=O) groups is 3. The zero-order valence-corrected chi connectivity index (χ0v) is 11.6. The Labute approximate surface area is 121 Å². The van der Waals surface area contributed by atoms with Crippen molar-refractivity contribution < 1.29 is 19.5 Å². The van der Waals surface area contributed by atoms with Crippen LogP contribution in [0.25, 0.3) is 0 Å². The van der Waals surface area contributed by atoms with Crippen molar-refractivity contribution in [3.63, 3.8) is 0 Å². The van der Waals surface area contributed by atoms with Gasteiger partial charge in [0.2, 0.25) is 0 Å². The van der Waals surface area contributed by atoms with Crippen LogP contribution in [-0.4, -0.2) is 34.7 Å². The van der Waals surface area contributed by atoms with Gasteiger partial charge in [-0.1, -0.05) is 31.2 Å². The molecule has 7 nitrogen and oxygen atoms in total. The smallest absolute Gasteiger partial charge is 0.346 e. The molecule has 2 rings (SSSR count). The summed E-state index contributed by atoms with van der Waals surface area (Å²) in [5, 5.41) is 18.0. The van der Waals surface area contributed by atoms with Crippen molar-refractivity contribution >= 4 is 24.1 Å². The number of imide groups is 1. The number of hydrogen-bond acceptors (Lipinski definition) is 5. The van der Waals surface area contributed by atoms with E-state index >= 15 is 0 Å². The summed E-state index contributed by atoms with van der Waals surface area (Å²) in [7, 11) is 0. The standard InChI is InChI=1S/C14H15N3O4/c1-3-14(2)12(20)17(13(21)16-14)15-8-9-6-4-5-7-10(9)11(18)19/h4-8H,3H2,1-2H3,(H,16,21)(H,18,19)/p-1/b15-8-/t14-/m1/s1. The number of hydrazone groups is 1. The van der Waals surface area contributed by atoms with Crippen molar-refractivity contribution in [2.45, 2.75) is 25.8 Å². The fraction of sp³-hybridized carbons (Fsp3) is 0.286. The number of rotatable bonds is 4. The molecule has 1 aromatic carbocycles. The Morgan fingerprint density at radius 2 is 2.10 bits per heavy atom. The first kappa shape index (κ1) is 14.7. The number of carboxylic acid groups (broad SMARTS) is 1. The van der Waals surface area contributed by atoms with Gasteiger partial charge >= 0.3 is 6.03 Å². The quantitative estimate of drug-likeness (QED) is 0.627. The van der Waals surface area contributed by atoms with Crippen molar-refractivity contribution in [3.05, 3.63) is 35.4 Å². The topological polar surface area (TPSA) is 102 Å². The highest BCUT2D eigenvalue weighted by Crippen LogP contribution is 2.21. The molecule has 1 atom stereocenters. The monoisotopic (exact) mass is 288 g/mol. The summed E-state index contributed by atoms with van der Waals surface area (Å²) in [5.74, 6) is -1.83. The molecule has 1 aliphatic rings. The Kier molecular flexibility index (Phi) is 3.75. The van der Waals surface area contributed by atoms with E-state index in [1.807, 2.05) is 0 Å². The maximum atomic E-state index is 12.1. The average molecular weight is 288 g/mol. The molecule has 0 unspecified atom stereocenters. The van der Waals surface area contributed by atoms with Gasteiger partial charge in [0.15, 0.2) is 0 Å². The first-order valence-corrected chi connectivity index (χ1v) is 6.40. The molecule has 1 aliphatic heterocycles. The largest absolute Gasteiger partial charge is 0.545 e. The van der Waals surface area contributed by atoms with Crippen LogP contribution < -0.4 is 10.4 Å². The maximum Gasteiger partial charge on any atom is 0.346 e. The van der Waals surface area contributed by atoms with Gasteiger partial charge in [-0.05, 0) is 13.3 Å². The lowest BCUT2D eigenvalue weighted by Crippen LogP contribution is -2.42. The highest BCUT2D eigenvalue weighted by atomic mass is 16.4. The Morgan fingerprint density at radius 1 is 1.43 bits per heavy atom. The summed E-state index contributed by atoms with van der Waals surface area (Å²) >= 11 is 0. The zero-order chi connectivity index (χ0) is 15.6. The first-order chi connectivity index (χ1) is 9.89. The number of nitrogens with zero attached hydrogens (tertiary/aromatic N) is 2. The predicted molar refractivity (Wildman–Crippen MR) is 72.4 cm³/mol. The number of nitrogens with one attached hydrogen (secondary N) is 1. The lowest BCUT2D eigenvalue weighted by atomic mass is 10.00. The molecule has 7 heteroatoms. The van der Waals surface area contributed by atoms with Gasteiger partial charge in [-0.25, -0.2) is 4.79 Å². The SMILES string of the molecule is CC[C@@]1(C)NC(=O)N(/N=C\c2ccccc2C(=O)[O-])C1=O. The van der Waals surface area contributed by atoms with E-state index < -0.39 is 23.4 Å². The molecule has 1 N–H and O–H groups in total. The van der Waals surface area contributed by atoms with E-state index in [2.05, 4.69) is 10.4 Å². The van der Waals surface area contributed by atoms with Gasteiger partial charge in [0.05, 0.1) is 12.2 Å². The Balaban J connectivity index is 2.29. The second-order valence-electron chi connectivity index (χ2n) is 4.85. The van der Waals surface area contributed by atoms with Crippen LogP contribution in [-0.2, 0) is 4.79 Å². The van der Waals surface area contributed by atoms with Crippen LogP contribution in [0.5, 0.6) is 0 Å². The third kappa shape index (κ3) is 2.62. The molecular weight excluding hydrogens is 274 g/mol. The van der Waals surface area contributed by atoms with Crippen molar-refractivity contribution in [3.8, 4) is 0 Å². The van der Waals surface area contributed by atoms with Crippen LogP contribution >= 0.6 is 0 Å². The first-order valence-electron chi connectivity index (χ1n) is 6.40. The molecule has 0 bridgehead atoms. The lowest BCUT2D eigenvalue weighted by Gasteiger charge is -2.17. The number of benzene rings is 1. The molecule has 0 radical (unpaired) electrons. The fourth-order valence-electron chi connectivity index (χ4n) is 1.93. The van der Waals surface area contributed by atoms with Crippen molar-refractivity contribution in [1.29, 1.82) is 0 Å². The van der Waals surface area contributed by atoms with Crippen LogP contribution in [0, 0.1) is 0 Å². The average Bonchev–Trinajstić information content (AvgIpc) is 2.68. The Morgan fingerprint density at radius 3 is 2.67 bits per heavy atom. The van der Waals surface area contributed by atoms with E-state index in [1.165, 1.54) is 12.1 Å². The minimum Gasteiger partial charge on any atom is -0.545 e. The molecule has 0 saturated carbocycles. The maximum absolute atomic E-state index is 12.1. The minimum atomic E-state index is -1.35. The summed E-state index contributed by atoms with van der Waals surface area (Å²) in [6.45, 7) is 3.38. The summed E-state index contributed by atoms with van der Waals surface area (Å²) in [4.78, 5) is 34.8. The number of hydrogen-bond donors (Lipinski definition) is 1. The highest BCUT2D eigenvalue weighted by molar-refractivity contribution is 6.07. The van der Waals surface area contributed by atoms with E-state index in [0.717, 1.165) is 6.21 Å². The molecule has 0 spiro atoms. The van der Waals surface area contributed by atoms with Crippen LogP contribution in [0.2, 0.25) is 0 Å². The minimum absolute atomic E-state index is 0.0634. The van der Waals surface area contributed by atoms with Crippen LogP contribution in [0.3, 0.4) is 0 Å². The molecule has 21 heavy (non-hydrogen) atoms. The number of carboxylic acids is 1. The van der Waals surface area contributed by atoms with E-state index in [4.69, 9.17) is 0 Å². The fourth-order valence-corrected chi connectivity index (χ4v) is 1.93.